The van der Waals surface area contributed by atoms with Crippen LogP contribution in [0.4, 0.5) is 11.8 Å². The van der Waals surface area contributed by atoms with Crippen LogP contribution in [0.3, 0.4) is 0 Å². The number of anilines is 2. The summed E-state index contributed by atoms with van der Waals surface area (Å²) < 4.78 is 28.8. The van der Waals surface area contributed by atoms with Gasteiger partial charge in [0.25, 0.3) is 0 Å². The van der Waals surface area contributed by atoms with Crippen LogP contribution in [-0.4, -0.2) is 49.4 Å². The fourth-order valence-corrected chi connectivity index (χ4v) is 4.11. The van der Waals surface area contributed by atoms with Gasteiger partial charge in [-0.25, -0.2) is 18.4 Å². The summed E-state index contributed by atoms with van der Waals surface area (Å²) >= 11 is 6.41. The van der Waals surface area contributed by atoms with Gasteiger partial charge in [0.05, 0.1) is 24.1 Å². The molecule has 8 nitrogen and oxygen atoms in total. The van der Waals surface area contributed by atoms with Crippen molar-refractivity contribution in [3.05, 3.63) is 40.3 Å². The lowest BCUT2D eigenvalue weighted by Gasteiger charge is -2.31. The first-order chi connectivity index (χ1) is 12.7. The van der Waals surface area contributed by atoms with Crippen molar-refractivity contribution in [2.24, 2.45) is 0 Å². The Morgan fingerprint density at radius 1 is 1.33 bits per heavy atom. The van der Waals surface area contributed by atoms with E-state index in [1.54, 1.807) is 12.1 Å². The quantitative estimate of drug-likeness (QED) is 0.759. The standard InChI is InChI=1S/C17H22ClN5O3S/c1-11-8-15(22-17(19)20-11)23-6-3-7-26-9-14(23)13-5-4-12(21-16(13)18)10-27(2,24)25/h4-5,8,14H,3,6-7,9-10H2,1-2H3,(H2,19,20,22). The minimum atomic E-state index is -3.19. The average molecular weight is 412 g/mol. The average Bonchev–Trinajstić information content (AvgIpc) is 2.78. The lowest BCUT2D eigenvalue weighted by atomic mass is 10.1. The number of rotatable bonds is 4. The third-order valence-electron chi connectivity index (χ3n) is 4.20. The summed E-state index contributed by atoms with van der Waals surface area (Å²) in [5, 5.41) is 0.260. The minimum absolute atomic E-state index is 0.153. The van der Waals surface area contributed by atoms with E-state index in [-0.39, 0.29) is 22.9 Å². The molecule has 1 aliphatic heterocycles. The Morgan fingerprint density at radius 3 is 2.78 bits per heavy atom. The van der Waals surface area contributed by atoms with Crippen LogP contribution < -0.4 is 10.6 Å². The lowest BCUT2D eigenvalue weighted by Crippen LogP contribution is -2.32. The second kappa shape index (κ2) is 7.95. The molecule has 3 rings (SSSR count). The van der Waals surface area contributed by atoms with Gasteiger partial charge in [0.2, 0.25) is 5.95 Å². The van der Waals surface area contributed by atoms with E-state index in [2.05, 4.69) is 19.9 Å². The van der Waals surface area contributed by atoms with E-state index in [0.717, 1.165) is 17.7 Å². The van der Waals surface area contributed by atoms with Crippen molar-refractivity contribution in [1.82, 2.24) is 15.0 Å². The van der Waals surface area contributed by atoms with Gasteiger partial charge in [0.1, 0.15) is 11.0 Å². The van der Waals surface area contributed by atoms with Crippen LogP contribution in [-0.2, 0) is 20.3 Å². The van der Waals surface area contributed by atoms with Gasteiger partial charge in [-0.2, -0.15) is 4.98 Å². The molecule has 1 unspecified atom stereocenters. The largest absolute Gasteiger partial charge is 0.379 e. The molecule has 0 amide bonds. The van der Waals surface area contributed by atoms with Gasteiger partial charge in [-0.3, -0.25) is 0 Å². The van der Waals surface area contributed by atoms with Gasteiger partial charge >= 0.3 is 0 Å². The van der Waals surface area contributed by atoms with E-state index in [1.165, 1.54) is 6.26 Å². The van der Waals surface area contributed by atoms with E-state index in [9.17, 15) is 8.42 Å². The van der Waals surface area contributed by atoms with E-state index >= 15 is 0 Å². The second-order valence-electron chi connectivity index (χ2n) is 6.62. The molecule has 1 atom stereocenters. The summed E-state index contributed by atoms with van der Waals surface area (Å²) in [5.74, 6) is 0.757. The molecule has 0 saturated carbocycles. The smallest absolute Gasteiger partial charge is 0.222 e. The van der Waals surface area contributed by atoms with E-state index in [0.29, 0.717) is 31.3 Å². The number of nitrogens with two attached hydrogens (primary N) is 1. The molecular weight excluding hydrogens is 390 g/mol. The highest BCUT2D eigenvalue weighted by Crippen LogP contribution is 2.32. The van der Waals surface area contributed by atoms with Gasteiger partial charge in [-0.15, -0.1) is 0 Å². The zero-order valence-electron chi connectivity index (χ0n) is 15.2. The van der Waals surface area contributed by atoms with Gasteiger partial charge in [-0.05, 0) is 19.4 Å². The van der Waals surface area contributed by atoms with Crippen molar-refractivity contribution in [3.63, 3.8) is 0 Å². The maximum atomic E-state index is 11.5. The van der Waals surface area contributed by atoms with Crippen molar-refractivity contribution < 1.29 is 13.2 Å². The number of pyridine rings is 1. The summed E-state index contributed by atoms with van der Waals surface area (Å²) in [6.07, 6.45) is 2.00. The van der Waals surface area contributed by atoms with E-state index in [1.807, 2.05) is 13.0 Å². The van der Waals surface area contributed by atoms with Crippen LogP contribution in [0.2, 0.25) is 5.15 Å². The highest BCUT2D eigenvalue weighted by molar-refractivity contribution is 7.89. The molecule has 146 valence electrons. The van der Waals surface area contributed by atoms with Crippen molar-refractivity contribution in [3.8, 4) is 0 Å². The number of nitrogen functional groups attached to an aromatic ring is 1. The molecule has 10 heteroatoms. The molecule has 0 spiro atoms. The zero-order chi connectivity index (χ0) is 19.6. The van der Waals surface area contributed by atoms with E-state index in [4.69, 9.17) is 22.1 Å². The van der Waals surface area contributed by atoms with E-state index < -0.39 is 9.84 Å². The molecule has 2 aromatic heterocycles. The summed E-state index contributed by atoms with van der Waals surface area (Å²) in [4.78, 5) is 14.8. The van der Waals surface area contributed by atoms with Gasteiger partial charge in [-0.1, -0.05) is 17.7 Å². The fourth-order valence-electron chi connectivity index (χ4n) is 3.11. The summed E-state index contributed by atoms with van der Waals surface area (Å²) in [6, 6.07) is 5.15. The Kier molecular flexibility index (Phi) is 5.83. The molecular formula is C17H22ClN5O3S. The van der Waals surface area contributed by atoms with Crippen molar-refractivity contribution in [2.75, 3.05) is 36.6 Å². The SMILES string of the molecule is Cc1cc(N2CCCOCC2c2ccc(CS(C)(=O)=O)nc2Cl)nc(N)n1. The Morgan fingerprint density at radius 2 is 2.11 bits per heavy atom. The number of nitrogens with zero attached hydrogens (tertiary/aromatic N) is 4. The number of sulfone groups is 1. The van der Waals surface area contributed by atoms with Gasteiger partial charge in [0, 0.05) is 36.7 Å². The second-order valence-corrected chi connectivity index (χ2v) is 9.11. The van der Waals surface area contributed by atoms with Crippen molar-refractivity contribution >= 4 is 33.2 Å². The number of hydrogen-bond acceptors (Lipinski definition) is 8. The summed E-state index contributed by atoms with van der Waals surface area (Å²) in [7, 11) is -3.19. The maximum absolute atomic E-state index is 11.5. The molecule has 1 aliphatic rings. The first kappa shape index (κ1) is 19.8. The molecule has 0 aliphatic carbocycles. The molecule has 0 bridgehead atoms. The predicted octanol–water partition coefficient (Wildman–Crippen LogP) is 1.93. The van der Waals surface area contributed by atoms with Crippen LogP contribution in [0.25, 0.3) is 0 Å². The third kappa shape index (κ3) is 5.06. The van der Waals surface area contributed by atoms with Crippen LogP contribution in [0.15, 0.2) is 18.2 Å². The maximum Gasteiger partial charge on any atom is 0.222 e. The highest BCUT2D eigenvalue weighted by atomic mass is 35.5. The minimum Gasteiger partial charge on any atom is -0.379 e. The molecule has 0 aromatic carbocycles. The number of aromatic nitrogens is 3. The molecule has 27 heavy (non-hydrogen) atoms. The van der Waals surface area contributed by atoms with Gasteiger partial charge in [0.15, 0.2) is 9.84 Å². The summed E-state index contributed by atoms with van der Waals surface area (Å²) in [5.41, 5.74) is 7.76. The van der Waals surface area contributed by atoms with Crippen molar-refractivity contribution in [2.45, 2.75) is 25.1 Å². The van der Waals surface area contributed by atoms with Gasteiger partial charge < -0.3 is 15.4 Å². The van der Waals surface area contributed by atoms with Crippen LogP contribution in [0.5, 0.6) is 0 Å². The predicted molar refractivity (Wildman–Crippen MR) is 104 cm³/mol. The Balaban J connectivity index is 1.98. The van der Waals surface area contributed by atoms with Crippen LogP contribution >= 0.6 is 11.6 Å². The summed E-state index contributed by atoms with van der Waals surface area (Å²) in [6.45, 7) is 3.61. The molecule has 1 saturated heterocycles. The first-order valence-corrected chi connectivity index (χ1v) is 11.0. The Hall–Kier alpha value is -1.97. The number of aryl methyl sites for hydroxylation is 1. The molecule has 1 fully saturated rings. The number of halogens is 1. The first-order valence-electron chi connectivity index (χ1n) is 8.51. The normalized spacial score (nSPS) is 18.3. The number of ether oxygens (including phenoxy) is 1. The Bertz CT molecular complexity index is 918. The topological polar surface area (TPSA) is 111 Å². The molecule has 2 N–H and O–H groups in total. The lowest BCUT2D eigenvalue weighted by molar-refractivity contribution is 0.134. The molecule has 2 aromatic rings. The third-order valence-corrected chi connectivity index (χ3v) is 5.32. The number of hydrogen-bond donors (Lipinski definition) is 1. The highest BCUT2D eigenvalue weighted by Gasteiger charge is 2.27. The van der Waals surface area contributed by atoms with Crippen molar-refractivity contribution in [1.29, 1.82) is 0 Å². The zero-order valence-corrected chi connectivity index (χ0v) is 16.8. The van der Waals surface area contributed by atoms with Crippen LogP contribution in [0, 0.1) is 6.92 Å². The molecule has 3 heterocycles. The monoisotopic (exact) mass is 411 g/mol. The fraction of sp³-hybridized carbons (Fsp3) is 0.471. The Labute approximate surface area is 163 Å². The van der Waals surface area contributed by atoms with Crippen LogP contribution in [0.1, 0.15) is 29.4 Å². The molecule has 0 radical (unpaired) electrons.